The monoisotopic (exact) mass is 356 g/mol. The van der Waals surface area contributed by atoms with Crippen molar-refractivity contribution in [3.8, 4) is 22.3 Å². The summed E-state index contributed by atoms with van der Waals surface area (Å²) in [7, 11) is 0. The maximum absolute atomic E-state index is 14.8. The molecule has 0 radical (unpaired) electrons. The van der Waals surface area contributed by atoms with E-state index in [1.807, 2.05) is 6.07 Å². The zero-order chi connectivity index (χ0) is 18.4. The summed E-state index contributed by atoms with van der Waals surface area (Å²) >= 11 is 0. The molecule has 0 bridgehead atoms. The second kappa shape index (κ2) is 6.61. The molecule has 2 aliphatic carbocycles. The van der Waals surface area contributed by atoms with Gasteiger partial charge in [-0.15, -0.1) is 6.58 Å². The van der Waals surface area contributed by atoms with Crippen LogP contribution in [0.2, 0.25) is 0 Å². The number of allylic oxidation sites excluding steroid dienone is 1. The van der Waals surface area contributed by atoms with E-state index >= 15 is 0 Å². The van der Waals surface area contributed by atoms with Gasteiger partial charge in [0.1, 0.15) is 5.82 Å². The lowest BCUT2D eigenvalue weighted by atomic mass is 9.74. The standard InChI is InChI=1S/C23H23F3/c1-3-4-5-15-10-11-16-18-12-17(14-8-6-13(2)7-9-14)22(25)23(26)20(18)19(16)21(15)24/h3,10-14H,1,4-9H2,2H3. The molecular formula is C23H23F3. The van der Waals surface area contributed by atoms with Gasteiger partial charge in [0.2, 0.25) is 0 Å². The van der Waals surface area contributed by atoms with Crippen molar-refractivity contribution >= 4 is 0 Å². The van der Waals surface area contributed by atoms with Crippen molar-refractivity contribution in [2.24, 2.45) is 5.92 Å². The van der Waals surface area contributed by atoms with E-state index in [2.05, 4.69) is 13.5 Å². The van der Waals surface area contributed by atoms with Crippen molar-refractivity contribution in [1.29, 1.82) is 0 Å². The first kappa shape index (κ1) is 17.4. The van der Waals surface area contributed by atoms with Crippen LogP contribution in [0.1, 0.15) is 56.1 Å². The minimum Gasteiger partial charge on any atom is -0.206 e. The Morgan fingerprint density at radius 2 is 1.65 bits per heavy atom. The Morgan fingerprint density at radius 1 is 0.962 bits per heavy atom. The fraction of sp³-hybridized carbons (Fsp3) is 0.391. The topological polar surface area (TPSA) is 0 Å². The third-order valence-corrected chi connectivity index (χ3v) is 6.07. The minimum atomic E-state index is -0.886. The highest BCUT2D eigenvalue weighted by Crippen LogP contribution is 2.53. The molecule has 0 atom stereocenters. The van der Waals surface area contributed by atoms with Gasteiger partial charge in [0.15, 0.2) is 11.6 Å². The molecule has 4 rings (SSSR count). The van der Waals surface area contributed by atoms with Gasteiger partial charge >= 0.3 is 0 Å². The molecule has 2 aromatic rings. The molecule has 0 aliphatic heterocycles. The predicted molar refractivity (Wildman–Crippen MR) is 99.6 cm³/mol. The van der Waals surface area contributed by atoms with Gasteiger partial charge in [0.05, 0.1) is 0 Å². The molecule has 0 heterocycles. The van der Waals surface area contributed by atoms with E-state index in [9.17, 15) is 13.2 Å². The molecule has 0 spiro atoms. The molecule has 3 heteroatoms. The molecule has 1 fully saturated rings. The molecule has 136 valence electrons. The Balaban J connectivity index is 1.74. The first-order valence-electron chi connectivity index (χ1n) is 9.47. The first-order valence-corrected chi connectivity index (χ1v) is 9.47. The van der Waals surface area contributed by atoms with Gasteiger partial charge in [-0.2, -0.15) is 0 Å². The Labute approximate surface area is 152 Å². The highest BCUT2D eigenvalue weighted by atomic mass is 19.2. The lowest BCUT2D eigenvalue weighted by Gasteiger charge is -2.31. The van der Waals surface area contributed by atoms with E-state index in [1.54, 1.807) is 18.2 Å². The van der Waals surface area contributed by atoms with E-state index in [1.165, 1.54) is 0 Å². The maximum Gasteiger partial charge on any atom is 0.167 e. The number of aryl methyl sites for hydroxylation is 1. The normalized spacial score (nSPS) is 20.9. The second-order valence-electron chi connectivity index (χ2n) is 7.76. The van der Waals surface area contributed by atoms with Gasteiger partial charge in [-0.3, -0.25) is 0 Å². The quantitative estimate of drug-likeness (QED) is 0.435. The minimum absolute atomic E-state index is 0.0618. The Hall–Kier alpha value is -2.03. The molecule has 0 unspecified atom stereocenters. The third kappa shape index (κ3) is 2.60. The Kier molecular flexibility index (Phi) is 4.42. The number of benzene rings is 2. The van der Waals surface area contributed by atoms with Crippen LogP contribution in [0.25, 0.3) is 22.3 Å². The average Bonchev–Trinajstić information content (AvgIpc) is 2.62. The van der Waals surface area contributed by atoms with Crippen molar-refractivity contribution in [2.75, 3.05) is 0 Å². The summed E-state index contributed by atoms with van der Waals surface area (Å²) in [5.41, 5.74) is 2.70. The van der Waals surface area contributed by atoms with E-state index in [-0.39, 0.29) is 17.0 Å². The fourth-order valence-electron chi connectivity index (χ4n) is 4.45. The Bertz CT molecular complexity index is 874. The smallest absolute Gasteiger partial charge is 0.167 e. The molecule has 0 amide bonds. The number of fused-ring (bicyclic) bond motifs is 4. The van der Waals surface area contributed by atoms with Gasteiger partial charge in [0, 0.05) is 11.1 Å². The van der Waals surface area contributed by atoms with Crippen LogP contribution in [-0.2, 0) is 6.42 Å². The summed E-state index contributed by atoms with van der Waals surface area (Å²) in [4.78, 5) is 0. The van der Waals surface area contributed by atoms with Crippen LogP contribution in [0.5, 0.6) is 0 Å². The zero-order valence-corrected chi connectivity index (χ0v) is 15.0. The molecule has 0 N–H and O–H groups in total. The van der Waals surface area contributed by atoms with E-state index in [0.29, 0.717) is 41.0 Å². The van der Waals surface area contributed by atoms with Crippen LogP contribution >= 0.6 is 0 Å². The lowest BCUT2D eigenvalue weighted by molar-refractivity contribution is 0.339. The number of hydrogen-bond donors (Lipinski definition) is 0. The van der Waals surface area contributed by atoms with Gasteiger partial charge in [-0.25, -0.2) is 13.2 Å². The summed E-state index contributed by atoms with van der Waals surface area (Å²) in [6.45, 7) is 5.85. The van der Waals surface area contributed by atoms with Gasteiger partial charge in [0.25, 0.3) is 0 Å². The van der Waals surface area contributed by atoms with Crippen LogP contribution in [0.15, 0.2) is 30.9 Å². The van der Waals surface area contributed by atoms with E-state index in [4.69, 9.17) is 0 Å². The van der Waals surface area contributed by atoms with Crippen molar-refractivity contribution < 1.29 is 13.2 Å². The highest BCUT2D eigenvalue weighted by Gasteiger charge is 2.35. The van der Waals surface area contributed by atoms with Crippen molar-refractivity contribution in [1.82, 2.24) is 0 Å². The summed E-state index contributed by atoms with van der Waals surface area (Å²) in [6, 6.07) is 5.35. The molecule has 2 aliphatic rings. The van der Waals surface area contributed by atoms with Crippen molar-refractivity contribution in [3.63, 3.8) is 0 Å². The van der Waals surface area contributed by atoms with Crippen LogP contribution in [0, 0.1) is 23.4 Å². The Morgan fingerprint density at radius 3 is 2.35 bits per heavy atom. The molecule has 0 aromatic heterocycles. The fourth-order valence-corrected chi connectivity index (χ4v) is 4.45. The zero-order valence-electron chi connectivity index (χ0n) is 15.0. The van der Waals surface area contributed by atoms with Gasteiger partial charge < -0.3 is 0 Å². The summed E-state index contributed by atoms with van der Waals surface area (Å²) in [5.74, 6) is -1.39. The van der Waals surface area contributed by atoms with Crippen LogP contribution in [-0.4, -0.2) is 0 Å². The maximum atomic E-state index is 14.8. The number of hydrogen-bond acceptors (Lipinski definition) is 0. The predicted octanol–water partition coefficient (Wildman–Crippen LogP) is 7.16. The highest BCUT2D eigenvalue weighted by molar-refractivity contribution is 6.03. The van der Waals surface area contributed by atoms with Gasteiger partial charge in [-0.05, 0) is 65.8 Å². The summed E-state index contributed by atoms with van der Waals surface area (Å²) in [5, 5.41) is 0. The molecule has 2 aromatic carbocycles. The second-order valence-corrected chi connectivity index (χ2v) is 7.76. The lowest BCUT2D eigenvalue weighted by Crippen LogP contribution is -2.16. The largest absolute Gasteiger partial charge is 0.206 e. The van der Waals surface area contributed by atoms with Crippen LogP contribution < -0.4 is 0 Å². The van der Waals surface area contributed by atoms with E-state index in [0.717, 1.165) is 25.7 Å². The molecule has 26 heavy (non-hydrogen) atoms. The molecule has 0 nitrogen and oxygen atoms in total. The van der Waals surface area contributed by atoms with Crippen molar-refractivity contribution in [2.45, 2.75) is 51.4 Å². The van der Waals surface area contributed by atoms with E-state index < -0.39 is 17.5 Å². The molecule has 1 saturated carbocycles. The number of rotatable bonds is 4. The van der Waals surface area contributed by atoms with Crippen LogP contribution in [0.4, 0.5) is 13.2 Å². The SMILES string of the molecule is C=CCCc1ccc2c(c1F)-c1c-2cc(C2CCC(C)CC2)c(F)c1F. The summed E-state index contributed by atoms with van der Waals surface area (Å²) in [6.07, 6.45) is 6.75. The van der Waals surface area contributed by atoms with Gasteiger partial charge in [-0.1, -0.05) is 38.0 Å². The molecule has 0 saturated heterocycles. The van der Waals surface area contributed by atoms with Crippen LogP contribution in [0.3, 0.4) is 0 Å². The third-order valence-electron chi connectivity index (χ3n) is 6.07. The number of halogens is 3. The van der Waals surface area contributed by atoms with Crippen molar-refractivity contribution in [3.05, 3.63) is 59.4 Å². The first-order chi connectivity index (χ1) is 12.5. The molecular weight excluding hydrogens is 333 g/mol. The average molecular weight is 356 g/mol. The summed E-state index contributed by atoms with van der Waals surface area (Å²) < 4.78 is 44.4.